The summed E-state index contributed by atoms with van der Waals surface area (Å²) in [5.41, 5.74) is 0. The standard InChI is InChI=1S/C44H70O12/c1-4-7-12-31-54-44(49)38-32-37(55-42(47)33-17-21-35(22-18-33)50-27-13-8-10-15-29-52-40(45)5-2)25-26-39(38)56-43(48)34-19-23-36(24-20-34)51-28-14-9-11-16-30-53-41(46)6-3/h5-6,33-39H,2-4,7-32H2,1H3. The van der Waals surface area contributed by atoms with Crippen molar-refractivity contribution >= 4 is 29.8 Å². The van der Waals surface area contributed by atoms with Crippen LogP contribution in [0.2, 0.25) is 0 Å². The molecule has 0 heterocycles. The van der Waals surface area contributed by atoms with Crippen molar-refractivity contribution in [2.24, 2.45) is 17.8 Å². The zero-order valence-corrected chi connectivity index (χ0v) is 34.1. The van der Waals surface area contributed by atoms with E-state index in [-0.39, 0.29) is 54.3 Å². The molecule has 12 heteroatoms. The molecular weight excluding hydrogens is 720 g/mol. The Bertz CT molecular complexity index is 1190. The fourth-order valence-corrected chi connectivity index (χ4v) is 7.75. The van der Waals surface area contributed by atoms with E-state index in [0.29, 0.717) is 71.6 Å². The van der Waals surface area contributed by atoms with Gasteiger partial charge in [-0.1, -0.05) is 45.8 Å². The first-order chi connectivity index (χ1) is 27.2. The van der Waals surface area contributed by atoms with E-state index >= 15 is 0 Å². The van der Waals surface area contributed by atoms with Crippen molar-refractivity contribution in [1.29, 1.82) is 0 Å². The van der Waals surface area contributed by atoms with Crippen molar-refractivity contribution in [3.05, 3.63) is 25.3 Å². The third-order valence-corrected chi connectivity index (χ3v) is 11.2. The van der Waals surface area contributed by atoms with E-state index in [1.54, 1.807) is 0 Å². The minimum atomic E-state index is -0.674. The molecule has 0 saturated heterocycles. The van der Waals surface area contributed by atoms with E-state index < -0.39 is 24.1 Å². The lowest BCUT2D eigenvalue weighted by Gasteiger charge is -2.36. The number of rotatable bonds is 27. The second-order valence-electron chi connectivity index (χ2n) is 15.6. The molecule has 0 aliphatic heterocycles. The van der Waals surface area contributed by atoms with Crippen molar-refractivity contribution in [3.63, 3.8) is 0 Å². The third kappa shape index (κ3) is 18.8. The number of unbranched alkanes of at least 4 members (excludes halogenated alkanes) is 8. The predicted molar refractivity (Wildman–Crippen MR) is 210 cm³/mol. The van der Waals surface area contributed by atoms with Crippen LogP contribution < -0.4 is 0 Å². The number of hydrogen-bond acceptors (Lipinski definition) is 12. The van der Waals surface area contributed by atoms with Gasteiger partial charge in [-0.25, -0.2) is 9.59 Å². The van der Waals surface area contributed by atoms with Crippen molar-refractivity contribution in [1.82, 2.24) is 0 Å². The van der Waals surface area contributed by atoms with E-state index in [0.717, 1.165) is 96.3 Å². The Morgan fingerprint density at radius 1 is 0.482 bits per heavy atom. The summed E-state index contributed by atoms with van der Waals surface area (Å²) in [5.74, 6) is -2.75. The Morgan fingerprint density at radius 2 is 0.911 bits per heavy atom. The average molecular weight is 791 g/mol. The Balaban J connectivity index is 1.36. The molecule has 56 heavy (non-hydrogen) atoms. The van der Waals surface area contributed by atoms with Crippen LogP contribution in [0.3, 0.4) is 0 Å². The first-order valence-electron chi connectivity index (χ1n) is 21.6. The maximum absolute atomic E-state index is 13.4. The van der Waals surface area contributed by atoms with Gasteiger partial charge in [0.15, 0.2) is 0 Å². The highest BCUT2D eigenvalue weighted by molar-refractivity contribution is 5.81. The molecule has 0 N–H and O–H groups in total. The molecule has 3 aliphatic carbocycles. The highest BCUT2D eigenvalue weighted by atomic mass is 16.6. The average Bonchev–Trinajstić information content (AvgIpc) is 3.22. The zero-order chi connectivity index (χ0) is 40.4. The maximum Gasteiger partial charge on any atom is 0.330 e. The van der Waals surface area contributed by atoms with Gasteiger partial charge in [-0.2, -0.15) is 0 Å². The summed E-state index contributed by atoms with van der Waals surface area (Å²) >= 11 is 0. The van der Waals surface area contributed by atoms with E-state index in [9.17, 15) is 24.0 Å². The Morgan fingerprint density at radius 3 is 1.39 bits per heavy atom. The van der Waals surface area contributed by atoms with Crippen LogP contribution in [-0.4, -0.2) is 87.3 Å². The molecule has 3 aliphatic rings. The monoisotopic (exact) mass is 790 g/mol. The van der Waals surface area contributed by atoms with Gasteiger partial charge in [-0.05, 0) is 109 Å². The first-order valence-corrected chi connectivity index (χ1v) is 21.6. The van der Waals surface area contributed by atoms with Gasteiger partial charge in [0.2, 0.25) is 0 Å². The number of carbonyl (C=O) groups is 5. The smallest absolute Gasteiger partial charge is 0.330 e. The minimum absolute atomic E-state index is 0.121. The molecule has 3 atom stereocenters. The Hall–Kier alpha value is -3.25. The number of hydrogen-bond donors (Lipinski definition) is 0. The number of ether oxygens (including phenoxy) is 7. The Kier molecular flexibility index (Phi) is 23.7. The fourth-order valence-electron chi connectivity index (χ4n) is 7.75. The molecule has 0 bridgehead atoms. The van der Waals surface area contributed by atoms with E-state index in [1.165, 1.54) is 12.2 Å². The summed E-state index contributed by atoms with van der Waals surface area (Å²) in [6.07, 6.45) is 19.0. The van der Waals surface area contributed by atoms with Gasteiger partial charge in [0.1, 0.15) is 12.2 Å². The third-order valence-electron chi connectivity index (χ3n) is 11.2. The topological polar surface area (TPSA) is 150 Å². The van der Waals surface area contributed by atoms with Crippen molar-refractivity contribution < 1.29 is 57.1 Å². The zero-order valence-electron chi connectivity index (χ0n) is 34.1. The molecule has 318 valence electrons. The normalized spacial score (nSPS) is 25.0. The molecular formula is C44H70O12. The molecule has 3 rings (SSSR count). The van der Waals surface area contributed by atoms with Crippen LogP contribution >= 0.6 is 0 Å². The molecule has 0 spiro atoms. The van der Waals surface area contributed by atoms with Crippen LogP contribution in [-0.2, 0) is 57.1 Å². The van der Waals surface area contributed by atoms with Crippen LogP contribution in [0, 0.1) is 17.8 Å². The quantitative estimate of drug-likeness (QED) is 0.0343. The summed E-state index contributed by atoms with van der Waals surface area (Å²) in [6, 6.07) is 0. The van der Waals surface area contributed by atoms with Gasteiger partial charge < -0.3 is 33.2 Å². The summed E-state index contributed by atoms with van der Waals surface area (Å²) in [4.78, 5) is 62.2. The van der Waals surface area contributed by atoms with Gasteiger partial charge in [0.25, 0.3) is 0 Å². The summed E-state index contributed by atoms with van der Waals surface area (Å²) < 4.78 is 39.9. The van der Waals surface area contributed by atoms with E-state index in [4.69, 9.17) is 33.2 Å². The molecule has 3 unspecified atom stereocenters. The van der Waals surface area contributed by atoms with Crippen LogP contribution in [0.5, 0.6) is 0 Å². The predicted octanol–water partition coefficient (Wildman–Crippen LogP) is 8.07. The lowest BCUT2D eigenvalue weighted by molar-refractivity contribution is -0.177. The molecule has 0 amide bonds. The van der Waals surface area contributed by atoms with Crippen LogP contribution in [0.25, 0.3) is 0 Å². The molecule has 0 aromatic heterocycles. The molecule has 0 aromatic carbocycles. The summed E-state index contributed by atoms with van der Waals surface area (Å²) in [6.45, 7) is 11.3. The molecule has 3 saturated carbocycles. The molecule has 3 fully saturated rings. The summed E-state index contributed by atoms with van der Waals surface area (Å²) in [5, 5.41) is 0. The minimum Gasteiger partial charge on any atom is -0.465 e. The number of esters is 5. The highest BCUT2D eigenvalue weighted by Crippen LogP contribution is 2.35. The molecule has 0 aromatic rings. The van der Waals surface area contributed by atoms with Gasteiger partial charge >= 0.3 is 29.8 Å². The molecule has 12 nitrogen and oxygen atoms in total. The largest absolute Gasteiger partial charge is 0.465 e. The lowest BCUT2D eigenvalue weighted by atomic mass is 9.83. The summed E-state index contributed by atoms with van der Waals surface area (Å²) in [7, 11) is 0. The van der Waals surface area contributed by atoms with Gasteiger partial charge in [-0.15, -0.1) is 0 Å². The van der Waals surface area contributed by atoms with Crippen molar-refractivity contribution in [2.45, 2.75) is 173 Å². The number of carbonyl (C=O) groups excluding carboxylic acids is 5. The van der Waals surface area contributed by atoms with Gasteiger partial charge in [0, 0.05) is 31.8 Å². The van der Waals surface area contributed by atoms with Crippen molar-refractivity contribution in [2.75, 3.05) is 33.0 Å². The maximum atomic E-state index is 13.4. The van der Waals surface area contributed by atoms with Crippen LogP contribution in [0.15, 0.2) is 25.3 Å². The molecule has 0 radical (unpaired) electrons. The van der Waals surface area contributed by atoms with Crippen molar-refractivity contribution in [3.8, 4) is 0 Å². The Labute approximate surface area is 335 Å². The SMILES string of the molecule is C=CC(=O)OCCCCCCOC1CCC(C(=O)OC2CCC(OC(=O)C3CCC(OCCCCCCOC(=O)C=C)CC3)C(C(=O)OCCCCC)C2)CC1. The van der Waals surface area contributed by atoms with E-state index in [1.807, 2.05) is 0 Å². The first kappa shape index (κ1) is 47.1. The van der Waals surface area contributed by atoms with Crippen LogP contribution in [0.1, 0.15) is 148 Å². The second-order valence-corrected chi connectivity index (χ2v) is 15.6. The second kappa shape index (κ2) is 28.2. The lowest BCUT2D eigenvalue weighted by Crippen LogP contribution is -2.43. The van der Waals surface area contributed by atoms with Gasteiger partial charge in [0.05, 0.1) is 49.8 Å². The van der Waals surface area contributed by atoms with Crippen LogP contribution in [0.4, 0.5) is 0 Å². The van der Waals surface area contributed by atoms with E-state index in [2.05, 4.69) is 20.1 Å². The van der Waals surface area contributed by atoms with Gasteiger partial charge in [-0.3, -0.25) is 14.4 Å². The fraction of sp³-hybridized carbons (Fsp3) is 0.795. The highest BCUT2D eigenvalue weighted by Gasteiger charge is 2.42.